The lowest BCUT2D eigenvalue weighted by molar-refractivity contribution is -0.233. The van der Waals surface area contributed by atoms with Crippen LogP contribution in [0.1, 0.15) is 13.8 Å². The van der Waals surface area contributed by atoms with Crippen LogP contribution < -0.4 is 20.1 Å². The summed E-state index contributed by atoms with van der Waals surface area (Å²) < 4.78 is 5.63. The topological polar surface area (TPSA) is 94.6 Å². The maximum absolute atomic E-state index is 12.7. The molecule has 0 spiro atoms. The largest absolute Gasteiger partial charge is 0.500 e. The SMILES string of the molecule is CC(C)Oc1ccc(N2C(=O)Nc3c[s+](C(=O)[O-])c4nccc2c34)cc1. The van der Waals surface area contributed by atoms with Crippen LogP contribution in [0.5, 0.6) is 5.75 Å². The Balaban J connectivity index is 1.83. The second-order valence-corrected chi connectivity index (χ2v) is 7.69. The van der Waals surface area contributed by atoms with Crippen molar-refractivity contribution in [2.45, 2.75) is 20.0 Å². The van der Waals surface area contributed by atoms with Crippen molar-refractivity contribution in [2.75, 3.05) is 10.2 Å². The van der Waals surface area contributed by atoms with Crippen molar-refractivity contribution in [2.24, 2.45) is 0 Å². The molecular weight excluding hydrogens is 354 g/mol. The van der Waals surface area contributed by atoms with Crippen LogP contribution >= 0.6 is 10.5 Å². The van der Waals surface area contributed by atoms with E-state index in [4.69, 9.17) is 4.74 Å². The number of hydrogen-bond donors (Lipinski definition) is 1. The minimum Gasteiger partial charge on any atom is -0.500 e. The Labute approximate surface area is 151 Å². The lowest BCUT2D eigenvalue weighted by Crippen LogP contribution is -2.33. The molecule has 3 heterocycles. The van der Waals surface area contributed by atoms with Gasteiger partial charge < -0.3 is 20.0 Å². The molecule has 26 heavy (non-hydrogen) atoms. The molecule has 1 unspecified atom stereocenters. The van der Waals surface area contributed by atoms with Crippen molar-refractivity contribution in [1.29, 1.82) is 0 Å². The average molecular weight is 369 g/mol. The van der Waals surface area contributed by atoms with Gasteiger partial charge in [-0.05, 0) is 44.2 Å². The number of benzene rings is 1. The first-order chi connectivity index (χ1) is 12.5. The van der Waals surface area contributed by atoms with Gasteiger partial charge in [-0.3, -0.25) is 4.90 Å². The van der Waals surface area contributed by atoms with Gasteiger partial charge >= 0.3 is 11.3 Å². The molecule has 0 saturated heterocycles. The molecule has 1 N–H and O–H groups in total. The fourth-order valence-corrected chi connectivity index (χ4v) is 4.36. The number of urea groups is 1. The molecule has 0 fully saturated rings. The van der Waals surface area contributed by atoms with Gasteiger partial charge in [0, 0.05) is 6.20 Å². The van der Waals surface area contributed by atoms with E-state index in [-0.39, 0.29) is 12.1 Å². The maximum Gasteiger partial charge on any atom is 0.331 e. The van der Waals surface area contributed by atoms with Gasteiger partial charge in [-0.15, -0.1) is 0 Å². The first-order valence-electron chi connectivity index (χ1n) is 7.99. The zero-order valence-electron chi connectivity index (χ0n) is 14.1. The Morgan fingerprint density at radius 2 is 2.00 bits per heavy atom. The minimum absolute atomic E-state index is 0.0536. The highest BCUT2D eigenvalue weighted by Gasteiger charge is 2.34. The molecule has 8 heteroatoms. The average Bonchev–Trinajstić information content (AvgIpc) is 2.96. The van der Waals surface area contributed by atoms with Crippen molar-refractivity contribution in [3.8, 4) is 5.75 Å². The molecule has 0 radical (unpaired) electrons. The lowest BCUT2D eigenvalue weighted by Gasteiger charge is -2.27. The Bertz CT molecular complexity index is 1030. The Morgan fingerprint density at radius 3 is 2.65 bits per heavy atom. The molecule has 0 saturated carbocycles. The summed E-state index contributed by atoms with van der Waals surface area (Å²) >= 11 is 0. The normalized spacial score (nSPS) is 13.9. The van der Waals surface area contributed by atoms with Crippen LogP contribution in [0.15, 0.2) is 41.9 Å². The second-order valence-electron chi connectivity index (χ2n) is 6.06. The predicted octanol–water partition coefficient (Wildman–Crippen LogP) is 3.65. The summed E-state index contributed by atoms with van der Waals surface area (Å²) in [6, 6.07) is 8.50. The third-order valence-corrected chi connectivity index (χ3v) is 5.50. The Hall–Kier alpha value is -3.13. The fourth-order valence-electron chi connectivity index (χ4n) is 2.97. The van der Waals surface area contributed by atoms with Gasteiger partial charge in [0.1, 0.15) is 16.8 Å². The van der Waals surface area contributed by atoms with Crippen molar-refractivity contribution in [3.05, 3.63) is 41.9 Å². The molecule has 3 aromatic rings. The van der Waals surface area contributed by atoms with E-state index >= 15 is 0 Å². The highest BCUT2D eigenvalue weighted by atomic mass is 32.2. The van der Waals surface area contributed by atoms with Gasteiger partial charge in [-0.25, -0.2) is 9.78 Å². The van der Waals surface area contributed by atoms with Crippen LogP contribution in [-0.2, 0) is 0 Å². The number of nitrogens with zero attached hydrogens (tertiary/aromatic N) is 2. The number of pyridine rings is 1. The standard InChI is InChI=1S/C18H15N3O4S/c1-10(2)25-12-5-3-11(4-6-12)21-14-7-8-19-16-15(14)13(20-17(21)22)9-26(16)18(23)24/h3-10H,1-2H3,(H-,20,22,23,24). The molecule has 1 aliphatic rings. The summed E-state index contributed by atoms with van der Waals surface area (Å²) in [7, 11) is -1.28. The van der Waals surface area contributed by atoms with E-state index in [0.29, 0.717) is 33.0 Å². The van der Waals surface area contributed by atoms with Crippen molar-refractivity contribution < 1.29 is 19.4 Å². The molecule has 7 nitrogen and oxygen atoms in total. The Kier molecular flexibility index (Phi) is 3.77. The highest BCUT2D eigenvalue weighted by Crippen LogP contribution is 2.46. The number of nitrogens with one attached hydrogen (secondary N) is 1. The number of aromatic nitrogens is 1. The third-order valence-electron chi connectivity index (χ3n) is 3.94. The van der Waals surface area contributed by atoms with Crippen LogP contribution in [0.25, 0.3) is 10.2 Å². The van der Waals surface area contributed by atoms with E-state index in [0.717, 1.165) is 0 Å². The van der Waals surface area contributed by atoms with Crippen molar-refractivity contribution in [3.63, 3.8) is 0 Å². The first kappa shape index (κ1) is 16.3. The van der Waals surface area contributed by atoms with Crippen molar-refractivity contribution >= 4 is 49.1 Å². The van der Waals surface area contributed by atoms with E-state index in [9.17, 15) is 14.7 Å². The summed E-state index contributed by atoms with van der Waals surface area (Å²) in [5.74, 6) is 0.709. The molecule has 1 aromatic carbocycles. The van der Waals surface area contributed by atoms with Gasteiger partial charge in [0.15, 0.2) is 5.38 Å². The molecule has 1 atom stereocenters. The summed E-state index contributed by atoms with van der Waals surface area (Å²) in [5.41, 5.74) is 1.71. The highest BCUT2D eigenvalue weighted by molar-refractivity contribution is 7.54. The Morgan fingerprint density at radius 1 is 1.27 bits per heavy atom. The van der Waals surface area contributed by atoms with E-state index < -0.39 is 15.8 Å². The van der Waals surface area contributed by atoms with Gasteiger partial charge in [0.05, 0.1) is 27.9 Å². The molecule has 132 valence electrons. The van der Waals surface area contributed by atoms with Gasteiger partial charge in [-0.2, -0.15) is 0 Å². The number of carbonyl (C=O) groups is 2. The van der Waals surface area contributed by atoms with Gasteiger partial charge in [-0.1, -0.05) is 0 Å². The second kappa shape index (κ2) is 5.99. The van der Waals surface area contributed by atoms with Crippen LogP contribution in [0.4, 0.5) is 26.7 Å². The van der Waals surface area contributed by atoms with Crippen LogP contribution in [-0.4, -0.2) is 22.4 Å². The first-order valence-corrected chi connectivity index (χ1v) is 9.27. The summed E-state index contributed by atoms with van der Waals surface area (Å²) in [5, 5.41) is 15.0. The number of anilines is 3. The summed E-state index contributed by atoms with van der Waals surface area (Å²) in [6.07, 6.45) is 1.56. The number of amides is 2. The molecule has 4 rings (SSSR count). The fraction of sp³-hybridized carbons (Fsp3) is 0.167. The number of carbonyl (C=O) groups excluding carboxylic acids is 2. The van der Waals surface area contributed by atoms with Crippen LogP contribution in [0, 0.1) is 0 Å². The van der Waals surface area contributed by atoms with E-state index in [2.05, 4.69) is 10.3 Å². The minimum atomic E-state index is -1.28. The zero-order chi connectivity index (χ0) is 18.4. The summed E-state index contributed by atoms with van der Waals surface area (Å²) in [6.45, 7) is 3.88. The van der Waals surface area contributed by atoms with E-state index in [1.165, 1.54) is 16.5 Å². The smallest absolute Gasteiger partial charge is 0.331 e. The van der Waals surface area contributed by atoms with E-state index in [1.807, 2.05) is 13.8 Å². The molecule has 2 aromatic heterocycles. The monoisotopic (exact) mass is 369 g/mol. The quantitative estimate of drug-likeness (QED) is 0.709. The number of carboxylic acid groups (broad SMARTS) is 1. The van der Waals surface area contributed by atoms with E-state index in [1.54, 1.807) is 30.3 Å². The zero-order valence-corrected chi connectivity index (χ0v) is 14.9. The van der Waals surface area contributed by atoms with Gasteiger partial charge in [0.25, 0.3) is 4.83 Å². The molecule has 2 amide bonds. The molecular formula is C18H15N3O4S. The molecule has 1 aliphatic heterocycles. The summed E-state index contributed by atoms with van der Waals surface area (Å²) in [4.78, 5) is 30.1. The number of thiophene rings is 1. The maximum atomic E-state index is 12.7. The van der Waals surface area contributed by atoms with Gasteiger partial charge in [0.2, 0.25) is 0 Å². The van der Waals surface area contributed by atoms with Crippen molar-refractivity contribution in [1.82, 2.24) is 4.98 Å². The number of rotatable bonds is 4. The predicted molar refractivity (Wildman–Crippen MR) is 98.4 cm³/mol. The lowest BCUT2D eigenvalue weighted by atomic mass is 10.1. The number of hydrogen-bond acceptors (Lipinski definition) is 5. The molecule has 0 aliphatic carbocycles. The van der Waals surface area contributed by atoms with Crippen LogP contribution in [0.3, 0.4) is 0 Å². The number of ether oxygens (including phenoxy) is 1. The molecule has 0 bridgehead atoms. The third kappa shape index (κ3) is 2.55. The van der Waals surface area contributed by atoms with Crippen LogP contribution in [0.2, 0.25) is 0 Å².